The lowest BCUT2D eigenvalue weighted by Gasteiger charge is -2.29. The van der Waals surface area contributed by atoms with Crippen LogP contribution in [0.25, 0.3) is 5.69 Å². The number of rotatable bonds is 7. The van der Waals surface area contributed by atoms with Crippen molar-refractivity contribution in [3.63, 3.8) is 0 Å². The third-order valence-electron chi connectivity index (χ3n) is 5.29. The van der Waals surface area contributed by atoms with Gasteiger partial charge in [-0.05, 0) is 37.8 Å². The Balaban J connectivity index is 1.51. The SMILES string of the molecule is CS(=O)(=O)N1CCC(C(=O)NCCCc2nn(-c3ccccc3)c(N)c2C#N)CC1. The number of anilines is 1. The van der Waals surface area contributed by atoms with Gasteiger partial charge in [0.25, 0.3) is 0 Å². The third kappa shape index (κ3) is 4.98. The van der Waals surface area contributed by atoms with E-state index in [1.54, 1.807) is 4.68 Å². The molecule has 0 spiro atoms. The van der Waals surface area contributed by atoms with Crippen molar-refractivity contribution in [3.8, 4) is 11.8 Å². The van der Waals surface area contributed by atoms with E-state index >= 15 is 0 Å². The van der Waals surface area contributed by atoms with Gasteiger partial charge in [0.05, 0.1) is 17.6 Å². The van der Waals surface area contributed by atoms with Crippen molar-refractivity contribution in [2.45, 2.75) is 25.7 Å². The zero-order chi connectivity index (χ0) is 21.7. The average molecular weight is 431 g/mol. The molecular weight excluding hydrogens is 404 g/mol. The first kappa shape index (κ1) is 21.8. The minimum atomic E-state index is -3.20. The molecule has 1 aliphatic heterocycles. The molecule has 3 N–H and O–H groups in total. The van der Waals surface area contributed by atoms with E-state index in [0.29, 0.717) is 62.4 Å². The lowest BCUT2D eigenvalue weighted by atomic mass is 9.97. The lowest BCUT2D eigenvalue weighted by molar-refractivity contribution is -0.126. The summed E-state index contributed by atoms with van der Waals surface area (Å²) in [7, 11) is -3.20. The smallest absolute Gasteiger partial charge is 0.223 e. The van der Waals surface area contributed by atoms with Gasteiger partial charge in [0.2, 0.25) is 15.9 Å². The molecule has 1 fully saturated rings. The summed E-state index contributed by atoms with van der Waals surface area (Å²) in [5.74, 6) is 0.0731. The van der Waals surface area contributed by atoms with Gasteiger partial charge in [-0.2, -0.15) is 10.4 Å². The van der Waals surface area contributed by atoms with Crippen LogP contribution in [0.15, 0.2) is 30.3 Å². The fourth-order valence-electron chi connectivity index (χ4n) is 3.60. The number of hydrogen-bond donors (Lipinski definition) is 2. The predicted octanol–water partition coefficient (Wildman–Crippen LogP) is 1.05. The van der Waals surface area contributed by atoms with Gasteiger partial charge >= 0.3 is 0 Å². The van der Waals surface area contributed by atoms with Gasteiger partial charge in [-0.15, -0.1) is 0 Å². The van der Waals surface area contributed by atoms with Crippen LogP contribution in [0.5, 0.6) is 0 Å². The molecule has 1 aromatic heterocycles. The largest absolute Gasteiger partial charge is 0.382 e. The minimum Gasteiger partial charge on any atom is -0.382 e. The van der Waals surface area contributed by atoms with E-state index < -0.39 is 10.0 Å². The van der Waals surface area contributed by atoms with Gasteiger partial charge in [-0.25, -0.2) is 17.4 Å². The van der Waals surface area contributed by atoms with Gasteiger partial charge in [0.15, 0.2) is 0 Å². The second kappa shape index (κ2) is 9.28. The quantitative estimate of drug-likeness (QED) is 0.631. The highest BCUT2D eigenvalue weighted by Gasteiger charge is 2.28. The molecule has 0 bridgehead atoms. The highest BCUT2D eigenvalue weighted by molar-refractivity contribution is 7.88. The van der Waals surface area contributed by atoms with E-state index in [4.69, 9.17) is 5.73 Å². The highest BCUT2D eigenvalue weighted by atomic mass is 32.2. The molecule has 0 aliphatic carbocycles. The van der Waals surface area contributed by atoms with Crippen molar-refractivity contribution in [2.24, 2.45) is 5.92 Å². The maximum Gasteiger partial charge on any atom is 0.223 e. The van der Waals surface area contributed by atoms with Crippen LogP contribution < -0.4 is 11.1 Å². The third-order valence-corrected chi connectivity index (χ3v) is 6.59. The van der Waals surface area contributed by atoms with Crippen LogP contribution in [0.1, 0.15) is 30.5 Å². The maximum absolute atomic E-state index is 12.4. The van der Waals surface area contributed by atoms with Crippen LogP contribution >= 0.6 is 0 Å². The van der Waals surface area contributed by atoms with E-state index in [-0.39, 0.29) is 11.8 Å². The van der Waals surface area contributed by atoms with Crippen LogP contribution in [-0.4, -0.2) is 54.3 Å². The average Bonchev–Trinajstić information content (AvgIpc) is 3.06. The minimum absolute atomic E-state index is 0.0574. The maximum atomic E-state index is 12.4. The molecule has 2 aromatic rings. The van der Waals surface area contributed by atoms with E-state index in [1.807, 2.05) is 30.3 Å². The summed E-state index contributed by atoms with van der Waals surface area (Å²) in [5, 5.41) is 16.8. The Kier molecular flexibility index (Phi) is 6.74. The predicted molar refractivity (Wildman–Crippen MR) is 113 cm³/mol. The number of amides is 1. The molecule has 160 valence electrons. The molecule has 1 aromatic carbocycles. The number of carbonyl (C=O) groups is 1. The number of nitrogens with one attached hydrogen (secondary N) is 1. The van der Waals surface area contributed by atoms with Crippen molar-refractivity contribution < 1.29 is 13.2 Å². The van der Waals surface area contributed by atoms with E-state index in [2.05, 4.69) is 16.5 Å². The van der Waals surface area contributed by atoms with Crippen molar-refractivity contribution >= 4 is 21.7 Å². The molecule has 1 saturated heterocycles. The standard InChI is InChI=1S/C20H26N6O3S/c1-30(28,29)25-12-9-15(10-13-25)20(27)23-11-5-8-18-17(14-21)19(22)26(24-18)16-6-3-2-4-7-16/h2-4,6-7,15H,5,8-13,22H2,1H3,(H,23,27). The van der Waals surface area contributed by atoms with Crippen LogP contribution in [0.2, 0.25) is 0 Å². The van der Waals surface area contributed by atoms with E-state index in [9.17, 15) is 18.5 Å². The molecule has 0 radical (unpaired) electrons. The Hall–Kier alpha value is -2.90. The summed E-state index contributed by atoms with van der Waals surface area (Å²) in [6.45, 7) is 1.20. The molecule has 1 aliphatic rings. The van der Waals surface area contributed by atoms with Crippen molar-refractivity contribution in [3.05, 3.63) is 41.6 Å². The van der Waals surface area contributed by atoms with Crippen LogP contribution in [0, 0.1) is 17.2 Å². The Labute approximate surface area is 176 Å². The molecular formula is C20H26N6O3S. The molecule has 0 atom stereocenters. The van der Waals surface area contributed by atoms with Crippen LogP contribution in [-0.2, 0) is 21.2 Å². The number of nitrogen functional groups attached to an aromatic ring is 1. The number of para-hydroxylation sites is 1. The van der Waals surface area contributed by atoms with Gasteiger partial charge in [0, 0.05) is 25.6 Å². The van der Waals surface area contributed by atoms with Gasteiger partial charge in [-0.1, -0.05) is 18.2 Å². The summed E-state index contributed by atoms with van der Waals surface area (Å²) in [5.41, 5.74) is 7.85. The summed E-state index contributed by atoms with van der Waals surface area (Å²) in [6.07, 6.45) is 3.37. The second-order valence-corrected chi connectivity index (χ2v) is 9.38. The van der Waals surface area contributed by atoms with Crippen molar-refractivity contribution in [2.75, 3.05) is 31.6 Å². The number of nitriles is 1. The Morgan fingerprint density at radius 1 is 1.30 bits per heavy atom. The molecule has 1 amide bonds. The Bertz CT molecular complexity index is 1030. The normalized spacial score (nSPS) is 15.6. The molecule has 2 heterocycles. The molecule has 9 nitrogen and oxygen atoms in total. The van der Waals surface area contributed by atoms with Crippen LogP contribution in [0.3, 0.4) is 0 Å². The number of piperidine rings is 1. The topological polar surface area (TPSA) is 134 Å². The number of carbonyl (C=O) groups excluding carboxylic acids is 1. The summed E-state index contributed by atoms with van der Waals surface area (Å²) < 4.78 is 26.1. The van der Waals surface area contributed by atoms with Crippen molar-refractivity contribution in [1.29, 1.82) is 5.26 Å². The lowest BCUT2D eigenvalue weighted by Crippen LogP contribution is -2.42. The molecule has 3 rings (SSSR count). The number of benzene rings is 1. The number of aromatic nitrogens is 2. The van der Waals surface area contributed by atoms with E-state index in [1.165, 1.54) is 10.6 Å². The first-order valence-electron chi connectivity index (χ1n) is 9.87. The number of sulfonamides is 1. The summed E-state index contributed by atoms with van der Waals surface area (Å²) >= 11 is 0. The summed E-state index contributed by atoms with van der Waals surface area (Å²) in [4.78, 5) is 12.4. The first-order valence-corrected chi connectivity index (χ1v) is 11.7. The highest BCUT2D eigenvalue weighted by Crippen LogP contribution is 2.22. The fraction of sp³-hybridized carbons (Fsp3) is 0.450. The Morgan fingerprint density at radius 3 is 2.57 bits per heavy atom. The second-order valence-electron chi connectivity index (χ2n) is 7.40. The monoisotopic (exact) mass is 430 g/mol. The molecule has 0 unspecified atom stereocenters. The van der Waals surface area contributed by atoms with Crippen LogP contribution in [0.4, 0.5) is 5.82 Å². The first-order chi connectivity index (χ1) is 14.3. The van der Waals surface area contributed by atoms with Gasteiger partial charge in [-0.3, -0.25) is 4.79 Å². The fourth-order valence-corrected chi connectivity index (χ4v) is 4.48. The molecule has 30 heavy (non-hydrogen) atoms. The number of aryl methyl sites for hydroxylation is 1. The number of nitrogens with zero attached hydrogens (tertiary/aromatic N) is 4. The van der Waals surface area contributed by atoms with Gasteiger partial charge < -0.3 is 11.1 Å². The van der Waals surface area contributed by atoms with E-state index in [0.717, 1.165) is 5.69 Å². The zero-order valence-electron chi connectivity index (χ0n) is 16.9. The molecule has 0 saturated carbocycles. The molecule has 10 heteroatoms. The van der Waals surface area contributed by atoms with Gasteiger partial charge in [0.1, 0.15) is 17.5 Å². The Morgan fingerprint density at radius 2 is 1.97 bits per heavy atom. The number of hydrogen-bond acceptors (Lipinski definition) is 6. The number of nitrogens with two attached hydrogens (primary N) is 1. The van der Waals surface area contributed by atoms with Crippen molar-refractivity contribution in [1.82, 2.24) is 19.4 Å². The zero-order valence-corrected chi connectivity index (χ0v) is 17.7. The summed E-state index contributed by atoms with van der Waals surface area (Å²) in [6, 6.07) is 11.5.